The molecule has 3 rings (SSSR count). The summed E-state index contributed by atoms with van der Waals surface area (Å²) in [6.07, 6.45) is 5.47. The van der Waals surface area contributed by atoms with E-state index in [0.717, 1.165) is 25.5 Å². The summed E-state index contributed by atoms with van der Waals surface area (Å²) in [5.41, 5.74) is 1.50. The molecule has 0 saturated carbocycles. The van der Waals surface area contributed by atoms with Crippen molar-refractivity contribution in [3.8, 4) is 0 Å². The van der Waals surface area contributed by atoms with Crippen molar-refractivity contribution in [1.82, 2.24) is 19.7 Å². The molecule has 2 heterocycles. The summed E-state index contributed by atoms with van der Waals surface area (Å²) in [6, 6.07) is 11.0. The maximum Gasteiger partial charge on any atom is 0.140 e. The Hall–Kier alpha value is -1.68. The Balaban J connectivity index is 1.61. The molecule has 4 heteroatoms. The number of benzene rings is 1. The van der Waals surface area contributed by atoms with Gasteiger partial charge in [0.25, 0.3) is 0 Å². The van der Waals surface area contributed by atoms with E-state index in [-0.39, 0.29) is 0 Å². The predicted molar refractivity (Wildman–Crippen MR) is 84.0 cm³/mol. The Morgan fingerprint density at radius 2 is 2.00 bits per heavy atom. The fourth-order valence-electron chi connectivity index (χ4n) is 3.25. The Bertz CT molecular complexity index is 549. The zero-order valence-corrected chi connectivity index (χ0v) is 12.8. The molecule has 0 spiro atoms. The van der Waals surface area contributed by atoms with Crippen molar-refractivity contribution >= 4 is 0 Å². The fourth-order valence-corrected chi connectivity index (χ4v) is 3.25. The van der Waals surface area contributed by atoms with Crippen LogP contribution in [0.3, 0.4) is 0 Å². The van der Waals surface area contributed by atoms with E-state index < -0.39 is 0 Å². The van der Waals surface area contributed by atoms with Gasteiger partial charge in [-0.1, -0.05) is 30.3 Å². The first kappa shape index (κ1) is 14.3. The third-order valence-corrected chi connectivity index (χ3v) is 4.45. The van der Waals surface area contributed by atoms with Crippen LogP contribution in [0.2, 0.25) is 0 Å². The van der Waals surface area contributed by atoms with E-state index in [9.17, 15) is 0 Å². The molecule has 1 aliphatic rings. The zero-order valence-electron chi connectivity index (χ0n) is 12.8. The summed E-state index contributed by atoms with van der Waals surface area (Å²) >= 11 is 0. The van der Waals surface area contributed by atoms with Gasteiger partial charge in [0.1, 0.15) is 12.2 Å². The van der Waals surface area contributed by atoms with Gasteiger partial charge in [-0.05, 0) is 50.8 Å². The second-order valence-electron chi connectivity index (χ2n) is 5.81. The number of hydrogen-bond donors (Lipinski definition) is 0. The first-order valence-corrected chi connectivity index (χ1v) is 8.01. The van der Waals surface area contributed by atoms with Gasteiger partial charge in [0, 0.05) is 6.54 Å². The summed E-state index contributed by atoms with van der Waals surface area (Å²) in [6.45, 7) is 6.26. The van der Waals surface area contributed by atoms with Crippen molar-refractivity contribution < 1.29 is 0 Å². The highest BCUT2D eigenvalue weighted by Gasteiger charge is 2.19. The molecule has 0 aliphatic carbocycles. The second kappa shape index (κ2) is 6.85. The number of likely N-dealkylation sites (tertiary alicyclic amines) is 1. The molecule has 2 aromatic rings. The topological polar surface area (TPSA) is 34.0 Å². The zero-order chi connectivity index (χ0) is 14.5. The third kappa shape index (κ3) is 3.50. The number of hydrogen-bond acceptors (Lipinski definition) is 3. The predicted octanol–water partition coefficient (Wildman–Crippen LogP) is 3.07. The average Bonchev–Trinajstić information content (AvgIpc) is 2.84. The first-order valence-electron chi connectivity index (χ1n) is 8.01. The van der Waals surface area contributed by atoms with Crippen molar-refractivity contribution in [1.29, 1.82) is 0 Å². The van der Waals surface area contributed by atoms with Gasteiger partial charge in [0.2, 0.25) is 0 Å². The molecule has 1 aromatic heterocycles. The number of rotatable bonds is 4. The SMILES string of the molecule is CCn1ncnc1CN1CCCC(c2ccccc2)CC1. The quantitative estimate of drug-likeness (QED) is 0.865. The molecule has 0 radical (unpaired) electrons. The molecule has 1 unspecified atom stereocenters. The van der Waals surface area contributed by atoms with E-state index in [2.05, 4.69) is 52.2 Å². The molecule has 21 heavy (non-hydrogen) atoms. The standard InChI is InChI=1S/C17H24N4/c1-2-21-17(18-14-19-21)13-20-11-6-9-16(10-12-20)15-7-4-3-5-8-15/h3-5,7-8,14,16H,2,6,9-13H2,1H3. The highest BCUT2D eigenvalue weighted by atomic mass is 15.3. The van der Waals surface area contributed by atoms with E-state index in [0.29, 0.717) is 5.92 Å². The second-order valence-corrected chi connectivity index (χ2v) is 5.81. The van der Waals surface area contributed by atoms with Crippen LogP contribution >= 0.6 is 0 Å². The minimum atomic E-state index is 0.709. The van der Waals surface area contributed by atoms with Gasteiger partial charge in [-0.2, -0.15) is 5.10 Å². The Morgan fingerprint density at radius 1 is 1.14 bits per heavy atom. The molecule has 1 saturated heterocycles. The van der Waals surface area contributed by atoms with Crippen LogP contribution in [0.4, 0.5) is 0 Å². The average molecular weight is 284 g/mol. The van der Waals surface area contributed by atoms with Crippen LogP contribution < -0.4 is 0 Å². The molecule has 0 bridgehead atoms. The Labute approximate surface area is 126 Å². The number of nitrogens with zero attached hydrogens (tertiary/aromatic N) is 4. The maximum absolute atomic E-state index is 4.40. The Kier molecular flexibility index (Phi) is 4.65. The van der Waals surface area contributed by atoms with Gasteiger partial charge in [-0.15, -0.1) is 0 Å². The lowest BCUT2D eigenvalue weighted by atomic mass is 9.92. The summed E-state index contributed by atoms with van der Waals surface area (Å²) in [5.74, 6) is 1.80. The maximum atomic E-state index is 4.40. The lowest BCUT2D eigenvalue weighted by molar-refractivity contribution is 0.263. The molecular weight excluding hydrogens is 260 g/mol. The van der Waals surface area contributed by atoms with Gasteiger partial charge in [-0.3, -0.25) is 4.90 Å². The normalized spacial score (nSPS) is 20.3. The van der Waals surface area contributed by atoms with Gasteiger partial charge < -0.3 is 0 Å². The summed E-state index contributed by atoms with van der Waals surface area (Å²) in [4.78, 5) is 6.93. The van der Waals surface area contributed by atoms with Crippen LogP contribution in [0.25, 0.3) is 0 Å². The molecule has 0 N–H and O–H groups in total. The van der Waals surface area contributed by atoms with Crippen LogP contribution in [-0.2, 0) is 13.1 Å². The van der Waals surface area contributed by atoms with Crippen LogP contribution in [-0.4, -0.2) is 32.8 Å². The summed E-state index contributed by atoms with van der Waals surface area (Å²) in [7, 11) is 0. The molecular formula is C17H24N4. The van der Waals surface area contributed by atoms with Gasteiger partial charge in [0.15, 0.2) is 0 Å². The molecule has 4 nitrogen and oxygen atoms in total. The summed E-state index contributed by atoms with van der Waals surface area (Å²) < 4.78 is 2.00. The smallest absolute Gasteiger partial charge is 0.140 e. The van der Waals surface area contributed by atoms with Crippen molar-refractivity contribution in [2.24, 2.45) is 0 Å². The molecule has 0 amide bonds. The first-order chi connectivity index (χ1) is 10.4. The summed E-state index contributed by atoms with van der Waals surface area (Å²) in [5, 5.41) is 4.27. The van der Waals surface area contributed by atoms with Crippen molar-refractivity contribution in [3.63, 3.8) is 0 Å². The van der Waals surface area contributed by atoms with Crippen LogP contribution in [0.15, 0.2) is 36.7 Å². The highest BCUT2D eigenvalue weighted by molar-refractivity contribution is 5.19. The molecule has 1 atom stereocenters. The highest BCUT2D eigenvalue weighted by Crippen LogP contribution is 2.28. The minimum absolute atomic E-state index is 0.709. The lowest BCUT2D eigenvalue weighted by Gasteiger charge is -2.19. The van der Waals surface area contributed by atoms with Crippen LogP contribution in [0, 0.1) is 0 Å². The minimum Gasteiger partial charge on any atom is -0.296 e. The van der Waals surface area contributed by atoms with Crippen molar-refractivity contribution in [2.75, 3.05) is 13.1 Å². The van der Waals surface area contributed by atoms with E-state index in [1.807, 2.05) is 4.68 Å². The lowest BCUT2D eigenvalue weighted by Crippen LogP contribution is -2.26. The van der Waals surface area contributed by atoms with Gasteiger partial charge in [-0.25, -0.2) is 9.67 Å². The van der Waals surface area contributed by atoms with Crippen LogP contribution in [0.1, 0.15) is 43.5 Å². The van der Waals surface area contributed by atoms with Crippen LogP contribution in [0.5, 0.6) is 0 Å². The van der Waals surface area contributed by atoms with E-state index in [1.165, 1.54) is 31.4 Å². The fraction of sp³-hybridized carbons (Fsp3) is 0.529. The number of aromatic nitrogens is 3. The molecule has 1 aliphatic heterocycles. The van der Waals surface area contributed by atoms with E-state index in [4.69, 9.17) is 0 Å². The van der Waals surface area contributed by atoms with Crippen molar-refractivity contribution in [2.45, 2.75) is 45.2 Å². The van der Waals surface area contributed by atoms with Gasteiger partial charge in [0.05, 0.1) is 6.54 Å². The van der Waals surface area contributed by atoms with E-state index in [1.54, 1.807) is 6.33 Å². The monoisotopic (exact) mass is 284 g/mol. The Morgan fingerprint density at radius 3 is 2.81 bits per heavy atom. The third-order valence-electron chi connectivity index (χ3n) is 4.45. The molecule has 1 fully saturated rings. The molecule has 112 valence electrons. The van der Waals surface area contributed by atoms with Crippen molar-refractivity contribution in [3.05, 3.63) is 48.0 Å². The number of aryl methyl sites for hydroxylation is 1. The van der Waals surface area contributed by atoms with Gasteiger partial charge >= 0.3 is 0 Å². The van der Waals surface area contributed by atoms with E-state index >= 15 is 0 Å². The molecule has 1 aromatic carbocycles. The largest absolute Gasteiger partial charge is 0.296 e.